The molecule has 0 aromatic carbocycles. The van der Waals surface area contributed by atoms with Gasteiger partial charge in [-0.25, -0.2) is 0 Å². The van der Waals surface area contributed by atoms with Crippen molar-refractivity contribution in [3.8, 4) is 0 Å². The van der Waals surface area contributed by atoms with Gasteiger partial charge in [-0.15, -0.1) is 0 Å². The molecule has 0 aliphatic carbocycles. The molecule has 1 fully saturated rings. The predicted octanol–water partition coefficient (Wildman–Crippen LogP) is -4.17. The molecule has 1 aliphatic heterocycles. The summed E-state index contributed by atoms with van der Waals surface area (Å²) in [5, 5.41) is 98.8. The van der Waals surface area contributed by atoms with E-state index in [1.807, 2.05) is 0 Å². The lowest BCUT2D eigenvalue weighted by atomic mass is 10.0. The zero-order valence-corrected chi connectivity index (χ0v) is 37.8. The molecule has 1 saturated heterocycles. The van der Waals surface area contributed by atoms with Gasteiger partial charge in [0.05, 0.1) is 19.8 Å². The van der Waals surface area contributed by atoms with Crippen LogP contribution in [-0.4, -0.2) is 183 Å². The third-order valence-electron chi connectivity index (χ3n) is 9.90. The van der Waals surface area contributed by atoms with E-state index >= 15 is 0 Å². The topological polar surface area (TPSA) is 406 Å². The fourth-order valence-corrected chi connectivity index (χ4v) is 6.06. The molecule has 1 aliphatic rings. The van der Waals surface area contributed by atoms with E-state index in [9.17, 15) is 69.0 Å². The fraction of sp³-hybridized carbons (Fsp3) is 0.634. The number of aliphatic hydroxyl groups excluding tert-OH is 5. The van der Waals surface area contributed by atoms with E-state index in [4.69, 9.17) is 15.3 Å². The van der Waals surface area contributed by atoms with Gasteiger partial charge in [-0.05, 0) is 78.6 Å². The number of amides is 9. The normalized spacial score (nSPS) is 20.8. The van der Waals surface area contributed by atoms with Crippen LogP contribution in [0.1, 0.15) is 78.6 Å². The third-order valence-corrected chi connectivity index (χ3v) is 9.90. The van der Waals surface area contributed by atoms with Gasteiger partial charge in [0.15, 0.2) is 0 Å². The van der Waals surface area contributed by atoms with Crippen molar-refractivity contribution in [1.82, 2.24) is 47.1 Å². The monoisotopic (exact) mass is 954 g/mol. The first-order chi connectivity index (χ1) is 31.7. The molecule has 0 radical (unpaired) electrons. The number of carbonyl (C=O) groups is 9. The zero-order valence-electron chi connectivity index (χ0n) is 37.8. The average Bonchev–Trinajstić information content (AvgIpc) is 3.27. The number of aliphatic hydroxyl groups is 5. The van der Waals surface area contributed by atoms with Gasteiger partial charge in [0.2, 0.25) is 53.2 Å². The molecule has 9 amide bonds. The summed E-state index contributed by atoms with van der Waals surface area (Å²) in [5.41, 5.74) is 1.20. The van der Waals surface area contributed by atoms with E-state index in [0.29, 0.717) is 16.7 Å². The van der Waals surface area contributed by atoms with Gasteiger partial charge in [-0.1, -0.05) is 16.7 Å². The SMILES string of the molecule is C/C(=C/C(=O)N([O-])CCCC1NC(=O)CNC(=O)C(CO)NC(=O)C(CO)NC(=O)C(CCCN([O-])C(=O)/C=C(\C)CCO)NC(=O)C(CCCN([O-])C(=O)/C=C(\C)CCO)NC1=O)CCO. The summed E-state index contributed by atoms with van der Waals surface area (Å²) in [6, 6.07) is -8.52. The lowest BCUT2D eigenvalue weighted by molar-refractivity contribution is -0.136. The second-order valence-corrected chi connectivity index (χ2v) is 15.6. The van der Waals surface area contributed by atoms with E-state index in [1.165, 1.54) is 20.8 Å². The van der Waals surface area contributed by atoms with Gasteiger partial charge in [0, 0.05) is 57.7 Å². The van der Waals surface area contributed by atoms with Crippen molar-refractivity contribution < 1.29 is 68.7 Å². The molecule has 0 saturated carbocycles. The minimum Gasteiger partial charge on any atom is -0.756 e. The summed E-state index contributed by atoms with van der Waals surface area (Å²) in [4.78, 5) is 118. The quantitative estimate of drug-likeness (QED) is 0.0342. The Morgan fingerprint density at radius 2 is 0.776 bits per heavy atom. The third kappa shape index (κ3) is 22.9. The molecule has 0 aromatic rings. The van der Waals surface area contributed by atoms with Crippen molar-refractivity contribution in [2.45, 2.75) is 109 Å². The second kappa shape index (κ2) is 31.9. The maximum Gasteiger partial charge on any atom is 0.245 e. The molecule has 26 heteroatoms. The van der Waals surface area contributed by atoms with Crippen LogP contribution in [0.4, 0.5) is 0 Å². The highest BCUT2D eigenvalue weighted by Crippen LogP contribution is 2.11. The van der Waals surface area contributed by atoms with Crippen molar-refractivity contribution in [2.24, 2.45) is 0 Å². The molecule has 11 N–H and O–H groups in total. The van der Waals surface area contributed by atoms with E-state index in [0.717, 1.165) is 18.2 Å². The van der Waals surface area contributed by atoms with Crippen LogP contribution < -0.4 is 31.9 Å². The summed E-state index contributed by atoms with van der Waals surface area (Å²) in [6.07, 6.45) is 1.36. The van der Waals surface area contributed by atoms with Gasteiger partial charge in [-0.2, -0.15) is 0 Å². The Balaban J connectivity index is 3.69. The highest BCUT2D eigenvalue weighted by molar-refractivity contribution is 5.98. The molecule has 0 aromatic heterocycles. The van der Waals surface area contributed by atoms with Gasteiger partial charge in [-0.3, -0.25) is 43.2 Å². The largest absolute Gasteiger partial charge is 0.756 e. The molecule has 378 valence electrons. The van der Waals surface area contributed by atoms with Crippen LogP contribution in [0.3, 0.4) is 0 Å². The first-order valence-electron chi connectivity index (χ1n) is 21.5. The molecule has 1 heterocycles. The summed E-state index contributed by atoms with van der Waals surface area (Å²) in [6.45, 7) is -0.871. The van der Waals surface area contributed by atoms with Crippen molar-refractivity contribution in [3.05, 3.63) is 50.6 Å². The minimum atomic E-state index is -1.82. The first-order valence-corrected chi connectivity index (χ1v) is 21.5. The van der Waals surface area contributed by atoms with Crippen LogP contribution in [0.2, 0.25) is 0 Å². The van der Waals surface area contributed by atoms with Crippen LogP contribution in [0.15, 0.2) is 34.9 Å². The number of nitrogens with one attached hydrogen (secondary N) is 6. The molecule has 5 unspecified atom stereocenters. The lowest BCUT2D eigenvalue weighted by Gasteiger charge is -2.30. The highest BCUT2D eigenvalue weighted by Gasteiger charge is 2.33. The van der Waals surface area contributed by atoms with Crippen molar-refractivity contribution >= 4 is 53.2 Å². The summed E-state index contributed by atoms with van der Waals surface area (Å²) in [5.74, 6) is -9.62. The van der Waals surface area contributed by atoms with E-state index < -0.39 is 136 Å². The number of nitrogens with zero attached hydrogens (tertiary/aromatic N) is 3. The summed E-state index contributed by atoms with van der Waals surface area (Å²) in [7, 11) is 0. The fourth-order valence-electron chi connectivity index (χ4n) is 6.06. The molecule has 1 rings (SSSR count). The Morgan fingerprint density at radius 1 is 0.493 bits per heavy atom. The standard InChI is InChI=1S/C41H64N9O17/c1-25(10-16-51)19-34(57)48(65)13-4-7-28-38(61)44-29(8-5-14-49(66)35(58)20-26(2)11-17-52)39(62)45-30(9-6-15-50(67)36(59)21-27(3)12-18-53)40(63)47-32(24-55)41(64)46-31(23-54)37(60)42-22-33(56)43-28/h19-21,28-32,51-55H,4-18,22-24H2,1-3H3,(H,42,60)(H,43,56)(H,44,61)(H,45,62)(H,46,64)(H,47,63)/q-3/b25-19-,26-20+,27-21+. The minimum absolute atomic E-state index is 0.0523. The Hall–Kier alpha value is -5.87. The second-order valence-electron chi connectivity index (χ2n) is 15.6. The zero-order chi connectivity index (χ0) is 50.6. The highest BCUT2D eigenvalue weighted by atomic mass is 16.5. The van der Waals surface area contributed by atoms with Gasteiger partial charge >= 0.3 is 0 Å². The van der Waals surface area contributed by atoms with Crippen LogP contribution in [0.25, 0.3) is 0 Å². The lowest BCUT2D eigenvalue weighted by Crippen LogP contribution is -2.61. The summed E-state index contributed by atoms with van der Waals surface area (Å²) < 4.78 is 0. The molecule has 5 atom stereocenters. The molecular weight excluding hydrogens is 890 g/mol. The average molecular weight is 955 g/mol. The first kappa shape index (κ1) is 59.1. The van der Waals surface area contributed by atoms with Gasteiger partial charge in [0.1, 0.15) is 30.2 Å². The van der Waals surface area contributed by atoms with Crippen LogP contribution in [0, 0.1) is 15.6 Å². The maximum absolute atomic E-state index is 14.1. The Labute approximate surface area is 387 Å². The van der Waals surface area contributed by atoms with Gasteiger partial charge in [0.25, 0.3) is 0 Å². The number of hydroxylamine groups is 6. The summed E-state index contributed by atoms with van der Waals surface area (Å²) >= 11 is 0. The van der Waals surface area contributed by atoms with E-state index in [2.05, 4.69) is 31.9 Å². The van der Waals surface area contributed by atoms with Crippen LogP contribution in [-0.2, 0) is 43.2 Å². The smallest absolute Gasteiger partial charge is 0.245 e. The molecule has 67 heavy (non-hydrogen) atoms. The number of carbonyl (C=O) groups excluding carboxylic acids is 9. The van der Waals surface area contributed by atoms with Crippen molar-refractivity contribution in [1.29, 1.82) is 0 Å². The Kier molecular flexibility index (Phi) is 28.2. The number of hydrogen-bond donors (Lipinski definition) is 11. The predicted molar refractivity (Wildman–Crippen MR) is 236 cm³/mol. The van der Waals surface area contributed by atoms with Crippen LogP contribution in [0.5, 0.6) is 0 Å². The van der Waals surface area contributed by atoms with Crippen molar-refractivity contribution in [3.63, 3.8) is 0 Å². The molecule has 0 spiro atoms. The number of hydrogen-bond acceptors (Lipinski definition) is 17. The Morgan fingerprint density at radius 3 is 1.09 bits per heavy atom. The maximum atomic E-state index is 14.1. The van der Waals surface area contributed by atoms with Crippen molar-refractivity contribution in [2.75, 3.05) is 59.2 Å². The van der Waals surface area contributed by atoms with E-state index in [-0.39, 0.29) is 80.0 Å². The van der Waals surface area contributed by atoms with Crippen LogP contribution >= 0.6 is 0 Å². The Bertz CT molecular complexity index is 1790. The molecule has 26 nitrogen and oxygen atoms in total. The van der Waals surface area contributed by atoms with E-state index in [1.54, 1.807) is 0 Å². The molecular formula is C41H64N9O17-3. The number of rotatable bonds is 23. The molecule has 0 bridgehead atoms. The van der Waals surface area contributed by atoms with Gasteiger partial charge < -0.3 is 88.2 Å².